The third-order valence-corrected chi connectivity index (χ3v) is 6.05. The molecule has 2 aliphatic heterocycles. The van der Waals surface area contributed by atoms with Gasteiger partial charge in [0.1, 0.15) is 5.82 Å². The van der Waals surface area contributed by atoms with Crippen LogP contribution in [0.15, 0.2) is 30.5 Å². The molecule has 28 heavy (non-hydrogen) atoms. The van der Waals surface area contributed by atoms with E-state index in [-0.39, 0.29) is 11.9 Å². The molecule has 0 bridgehead atoms. The number of para-hydroxylation sites is 1. The minimum absolute atomic E-state index is 0.0607. The Kier molecular flexibility index (Phi) is 4.19. The van der Waals surface area contributed by atoms with Crippen molar-refractivity contribution in [2.45, 2.75) is 38.3 Å². The average Bonchev–Trinajstić information content (AvgIpc) is 3.30. The number of amides is 1. The van der Waals surface area contributed by atoms with Crippen LogP contribution in [0, 0.1) is 0 Å². The highest BCUT2D eigenvalue weighted by Crippen LogP contribution is 2.32. The number of carbonyl (C=O) groups excluding carboxylic acids is 1. The summed E-state index contributed by atoms with van der Waals surface area (Å²) in [6.45, 7) is 4.89. The van der Waals surface area contributed by atoms with E-state index in [1.165, 1.54) is 0 Å². The molecule has 5 rings (SSSR count). The van der Waals surface area contributed by atoms with E-state index in [4.69, 9.17) is 4.74 Å². The lowest BCUT2D eigenvalue weighted by Gasteiger charge is -2.34. The van der Waals surface area contributed by atoms with Crippen molar-refractivity contribution < 1.29 is 9.53 Å². The first kappa shape index (κ1) is 17.4. The van der Waals surface area contributed by atoms with Crippen LogP contribution in [0.4, 0.5) is 0 Å². The highest BCUT2D eigenvalue weighted by Gasteiger charge is 2.33. The van der Waals surface area contributed by atoms with Gasteiger partial charge in [-0.05, 0) is 25.8 Å². The van der Waals surface area contributed by atoms with Gasteiger partial charge in [0.15, 0.2) is 5.82 Å². The Morgan fingerprint density at radius 3 is 2.79 bits per heavy atom. The number of ether oxygens (including phenoxy) is 1. The SMILES string of the molecule is C[C@H]1CN(C(=O)c2cn(C)c3ccccc23)Cc2nnc(C3CCOCC3)n21. The molecule has 0 aliphatic carbocycles. The Bertz CT molecular complexity index is 1030. The van der Waals surface area contributed by atoms with Gasteiger partial charge in [0.05, 0.1) is 18.2 Å². The summed E-state index contributed by atoms with van der Waals surface area (Å²) in [5.41, 5.74) is 1.82. The first-order chi connectivity index (χ1) is 13.6. The number of benzene rings is 1. The van der Waals surface area contributed by atoms with Crippen molar-refractivity contribution in [3.8, 4) is 0 Å². The van der Waals surface area contributed by atoms with Crippen molar-refractivity contribution in [3.63, 3.8) is 0 Å². The lowest BCUT2D eigenvalue weighted by Crippen LogP contribution is -2.41. The van der Waals surface area contributed by atoms with Crippen molar-refractivity contribution in [1.82, 2.24) is 24.2 Å². The quantitative estimate of drug-likeness (QED) is 0.687. The first-order valence-corrected chi connectivity index (χ1v) is 9.98. The van der Waals surface area contributed by atoms with Gasteiger partial charge in [-0.25, -0.2) is 0 Å². The fourth-order valence-corrected chi connectivity index (χ4v) is 4.63. The summed E-state index contributed by atoms with van der Waals surface area (Å²) in [6, 6.07) is 8.20. The average molecular weight is 379 g/mol. The fourth-order valence-electron chi connectivity index (χ4n) is 4.63. The molecule has 3 aromatic rings. The van der Waals surface area contributed by atoms with Gasteiger partial charge < -0.3 is 18.8 Å². The summed E-state index contributed by atoms with van der Waals surface area (Å²) in [5, 5.41) is 9.95. The van der Waals surface area contributed by atoms with Gasteiger partial charge in [-0.1, -0.05) is 18.2 Å². The summed E-state index contributed by atoms with van der Waals surface area (Å²) < 4.78 is 9.76. The third kappa shape index (κ3) is 2.73. The van der Waals surface area contributed by atoms with Gasteiger partial charge in [-0.3, -0.25) is 4.79 Å². The molecule has 1 aromatic carbocycles. The van der Waals surface area contributed by atoms with Crippen LogP contribution in [0.5, 0.6) is 0 Å². The zero-order valence-electron chi connectivity index (χ0n) is 16.3. The fraction of sp³-hybridized carbons (Fsp3) is 0.476. The van der Waals surface area contributed by atoms with E-state index < -0.39 is 0 Å². The predicted molar refractivity (Wildman–Crippen MR) is 105 cm³/mol. The lowest BCUT2D eigenvalue weighted by molar-refractivity contribution is 0.0670. The number of aryl methyl sites for hydroxylation is 1. The van der Waals surface area contributed by atoms with Crippen molar-refractivity contribution in [2.75, 3.05) is 19.8 Å². The Hall–Kier alpha value is -2.67. The molecule has 0 spiro atoms. The summed E-state index contributed by atoms with van der Waals surface area (Å²) in [7, 11) is 1.98. The maximum Gasteiger partial charge on any atom is 0.256 e. The van der Waals surface area contributed by atoms with Gasteiger partial charge in [0.2, 0.25) is 0 Å². The van der Waals surface area contributed by atoms with Crippen LogP contribution < -0.4 is 0 Å². The molecular weight excluding hydrogens is 354 g/mol. The van der Waals surface area contributed by atoms with Crippen LogP contribution in [-0.4, -0.2) is 49.9 Å². The second kappa shape index (κ2) is 6.74. The van der Waals surface area contributed by atoms with E-state index in [9.17, 15) is 4.79 Å². The van der Waals surface area contributed by atoms with Crippen molar-refractivity contribution in [2.24, 2.45) is 7.05 Å². The maximum atomic E-state index is 13.3. The van der Waals surface area contributed by atoms with Crippen molar-refractivity contribution >= 4 is 16.8 Å². The van der Waals surface area contributed by atoms with Crippen LogP contribution in [0.3, 0.4) is 0 Å². The molecule has 4 heterocycles. The highest BCUT2D eigenvalue weighted by molar-refractivity contribution is 6.07. The van der Waals surface area contributed by atoms with Crippen LogP contribution in [0.25, 0.3) is 10.9 Å². The smallest absolute Gasteiger partial charge is 0.256 e. The highest BCUT2D eigenvalue weighted by atomic mass is 16.5. The number of aromatic nitrogens is 4. The van der Waals surface area contributed by atoms with E-state index in [1.54, 1.807) is 0 Å². The molecule has 1 amide bonds. The van der Waals surface area contributed by atoms with Gasteiger partial charge >= 0.3 is 0 Å². The molecule has 0 saturated carbocycles. The zero-order chi connectivity index (χ0) is 19.3. The Morgan fingerprint density at radius 1 is 1.18 bits per heavy atom. The minimum Gasteiger partial charge on any atom is -0.381 e. The largest absolute Gasteiger partial charge is 0.381 e. The van der Waals surface area contributed by atoms with Gasteiger partial charge in [-0.15, -0.1) is 10.2 Å². The molecule has 0 N–H and O–H groups in total. The number of hydrogen-bond acceptors (Lipinski definition) is 4. The van der Waals surface area contributed by atoms with E-state index in [0.29, 0.717) is 19.0 Å². The van der Waals surface area contributed by atoms with E-state index in [1.807, 2.05) is 47.0 Å². The van der Waals surface area contributed by atoms with Crippen molar-refractivity contribution in [1.29, 1.82) is 0 Å². The Labute approximate surface area is 163 Å². The number of fused-ring (bicyclic) bond motifs is 2. The van der Waals surface area contributed by atoms with E-state index in [2.05, 4.69) is 21.7 Å². The molecule has 146 valence electrons. The van der Waals surface area contributed by atoms with Crippen LogP contribution >= 0.6 is 0 Å². The zero-order valence-corrected chi connectivity index (χ0v) is 16.3. The molecule has 0 unspecified atom stereocenters. The standard InChI is InChI=1S/C21H25N5O2/c1-14-11-25(21(27)17-12-24(2)18-6-4-3-5-16(17)18)13-19-22-23-20(26(14)19)15-7-9-28-10-8-15/h3-6,12,14-15H,7-11,13H2,1-2H3/t14-/m0/s1. The van der Waals surface area contributed by atoms with E-state index >= 15 is 0 Å². The summed E-state index contributed by atoms with van der Waals surface area (Å²) in [6.07, 6.45) is 3.91. The second-order valence-electron chi connectivity index (χ2n) is 7.94. The Morgan fingerprint density at radius 2 is 1.96 bits per heavy atom. The first-order valence-electron chi connectivity index (χ1n) is 9.98. The van der Waals surface area contributed by atoms with Crippen molar-refractivity contribution in [3.05, 3.63) is 47.7 Å². The van der Waals surface area contributed by atoms with Gasteiger partial charge in [-0.2, -0.15) is 0 Å². The number of rotatable bonds is 2. The topological polar surface area (TPSA) is 65.2 Å². The molecule has 7 heteroatoms. The molecule has 1 saturated heterocycles. The van der Waals surface area contributed by atoms with Gasteiger partial charge in [0, 0.05) is 49.8 Å². The molecule has 0 radical (unpaired) electrons. The molecule has 7 nitrogen and oxygen atoms in total. The molecule has 1 atom stereocenters. The van der Waals surface area contributed by atoms with E-state index in [0.717, 1.165) is 54.2 Å². The number of carbonyl (C=O) groups is 1. The number of nitrogens with zero attached hydrogens (tertiary/aromatic N) is 5. The third-order valence-electron chi connectivity index (χ3n) is 6.05. The molecule has 2 aliphatic rings. The van der Waals surface area contributed by atoms with Gasteiger partial charge in [0.25, 0.3) is 5.91 Å². The minimum atomic E-state index is 0.0607. The molecule has 1 fully saturated rings. The second-order valence-corrected chi connectivity index (χ2v) is 7.94. The normalized spacial score (nSPS) is 20.5. The lowest BCUT2D eigenvalue weighted by atomic mass is 9.98. The Balaban J connectivity index is 1.44. The number of hydrogen-bond donors (Lipinski definition) is 0. The maximum absolute atomic E-state index is 13.3. The van der Waals surface area contributed by atoms with Crippen LogP contribution in [0.1, 0.15) is 53.7 Å². The van der Waals surface area contributed by atoms with Crippen LogP contribution in [0.2, 0.25) is 0 Å². The summed E-state index contributed by atoms with van der Waals surface area (Å²) in [4.78, 5) is 15.2. The summed E-state index contributed by atoms with van der Waals surface area (Å²) in [5.74, 6) is 2.40. The molecule has 2 aromatic heterocycles. The summed E-state index contributed by atoms with van der Waals surface area (Å²) >= 11 is 0. The predicted octanol–water partition coefficient (Wildman–Crippen LogP) is 2.88. The van der Waals surface area contributed by atoms with Crippen LogP contribution in [-0.2, 0) is 18.3 Å². The monoisotopic (exact) mass is 379 g/mol. The molecular formula is C21H25N5O2.